The molecule has 0 spiro atoms. The van der Waals surface area contributed by atoms with E-state index in [4.69, 9.17) is 4.74 Å². The highest BCUT2D eigenvalue weighted by atomic mass is 19.3. The molecule has 0 aliphatic carbocycles. The van der Waals surface area contributed by atoms with Gasteiger partial charge in [-0.3, -0.25) is 0 Å². The quantitative estimate of drug-likeness (QED) is 0.775. The van der Waals surface area contributed by atoms with Gasteiger partial charge in [-0.05, 0) is 55.9 Å². The Morgan fingerprint density at radius 3 is 2.52 bits per heavy atom. The first kappa shape index (κ1) is 21.7. The summed E-state index contributed by atoms with van der Waals surface area (Å²) >= 11 is 0. The fraction of sp³-hybridized carbons (Fsp3) is 0.478. The summed E-state index contributed by atoms with van der Waals surface area (Å²) in [7, 11) is 0. The Balaban J connectivity index is 1.89. The number of aliphatic hydroxyl groups is 1. The highest BCUT2D eigenvalue weighted by Crippen LogP contribution is 2.34. The maximum atomic E-state index is 13.8. The molecule has 1 fully saturated rings. The molecule has 6 heteroatoms. The zero-order valence-electron chi connectivity index (χ0n) is 17.0. The van der Waals surface area contributed by atoms with E-state index in [-0.39, 0.29) is 23.5 Å². The zero-order valence-corrected chi connectivity index (χ0v) is 17.0. The Labute approximate surface area is 169 Å². The lowest BCUT2D eigenvalue weighted by atomic mass is 9.97. The molecule has 4 atom stereocenters. The summed E-state index contributed by atoms with van der Waals surface area (Å²) in [6, 6.07) is 7.45. The van der Waals surface area contributed by atoms with Gasteiger partial charge in [0, 0.05) is 22.3 Å². The number of ether oxygens (including phenoxy) is 1. The van der Waals surface area contributed by atoms with Gasteiger partial charge in [0.05, 0.1) is 6.10 Å². The third-order valence-corrected chi connectivity index (χ3v) is 5.82. The number of hydrogen-bond acceptors (Lipinski definition) is 2. The number of aromatic nitrogens is 1. The number of halogens is 3. The second kappa shape index (κ2) is 9.18. The average molecular weight is 407 g/mol. The van der Waals surface area contributed by atoms with Crippen molar-refractivity contribution in [1.82, 2.24) is 4.57 Å². The molecule has 0 radical (unpaired) electrons. The summed E-state index contributed by atoms with van der Waals surface area (Å²) in [4.78, 5) is 0. The van der Waals surface area contributed by atoms with Crippen molar-refractivity contribution in [3.63, 3.8) is 0 Å². The molecule has 0 amide bonds. The molecule has 2 aromatic rings. The lowest BCUT2D eigenvalue weighted by molar-refractivity contribution is -0.0612. The molecule has 2 heterocycles. The minimum atomic E-state index is -2.52. The van der Waals surface area contributed by atoms with Crippen LogP contribution in [0.1, 0.15) is 57.9 Å². The van der Waals surface area contributed by atoms with Gasteiger partial charge >= 0.3 is 0 Å². The van der Waals surface area contributed by atoms with Gasteiger partial charge in [0.2, 0.25) is 0 Å². The first-order valence-electron chi connectivity index (χ1n) is 10.1. The summed E-state index contributed by atoms with van der Waals surface area (Å²) in [5, 5.41) is 11.9. The van der Waals surface area contributed by atoms with Crippen molar-refractivity contribution in [2.45, 2.75) is 64.9 Å². The molecule has 1 aliphatic heterocycles. The van der Waals surface area contributed by atoms with Crippen LogP contribution in [-0.2, 0) is 4.74 Å². The van der Waals surface area contributed by atoms with Crippen LogP contribution >= 0.6 is 0 Å². The minimum Gasteiger partial charge on any atom is -0.386 e. The van der Waals surface area contributed by atoms with Crippen LogP contribution in [0.2, 0.25) is 0 Å². The topological polar surface area (TPSA) is 34.4 Å². The van der Waals surface area contributed by atoms with Crippen LogP contribution in [0.25, 0.3) is 11.6 Å². The number of alkyl halides is 2. The van der Waals surface area contributed by atoms with Crippen LogP contribution in [0.15, 0.2) is 36.5 Å². The maximum absolute atomic E-state index is 13.8. The number of nitrogens with zero attached hydrogens (tertiary/aromatic N) is 1. The number of rotatable bonds is 6. The summed E-state index contributed by atoms with van der Waals surface area (Å²) in [5.41, 5.74) is 0.748. The third kappa shape index (κ3) is 4.43. The summed E-state index contributed by atoms with van der Waals surface area (Å²) in [5.74, 6) is -0.580. The largest absolute Gasteiger partial charge is 0.386 e. The van der Waals surface area contributed by atoms with Gasteiger partial charge < -0.3 is 14.4 Å². The smallest absolute Gasteiger partial charge is 0.261 e. The Hall–Kier alpha value is -2.05. The van der Waals surface area contributed by atoms with Gasteiger partial charge in [-0.1, -0.05) is 32.1 Å². The minimum absolute atomic E-state index is 0.153. The van der Waals surface area contributed by atoms with Gasteiger partial charge in [-0.15, -0.1) is 0 Å². The predicted octanol–water partition coefficient (Wildman–Crippen LogP) is 4.30. The predicted molar refractivity (Wildman–Crippen MR) is 107 cm³/mol. The molecular weight excluding hydrogens is 379 g/mol. The van der Waals surface area contributed by atoms with E-state index in [1.807, 2.05) is 31.4 Å². The maximum Gasteiger partial charge on any atom is 0.261 e. The fourth-order valence-electron chi connectivity index (χ4n) is 4.03. The molecule has 1 aromatic carbocycles. The number of aliphatic hydroxyl groups excluding tert-OH is 1. The van der Waals surface area contributed by atoms with Gasteiger partial charge in [0.1, 0.15) is 18.1 Å². The van der Waals surface area contributed by atoms with E-state index < -0.39 is 18.6 Å². The van der Waals surface area contributed by atoms with Crippen LogP contribution in [0.5, 0.6) is 0 Å². The second-order valence-electron chi connectivity index (χ2n) is 7.58. The van der Waals surface area contributed by atoms with E-state index >= 15 is 0 Å². The molecule has 4 unspecified atom stereocenters. The lowest BCUT2D eigenvalue weighted by Crippen LogP contribution is -2.35. The average Bonchev–Trinajstić information content (AvgIpc) is 3.34. The Bertz CT molecular complexity index is 936. The second-order valence-corrected chi connectivity index (χ2v) is 7.58. The van der Waals surface area contributed by atoms with E-state index in [2.05, 4.69) is 0 Å². The van der Waals surface area contributed by atoms with E-state index in [1.165, 1.54) is 12.1 Å². The van der Waals surface area contributed by atoms with Crippen molar-refractivity contribution < 1.29 is 23.0 Å². The molecule has 1 saturated heterocycles. The van der Waals surface area contributed by atoms with Crippen LogP contribution < -0.4 is 10.6 Å². The summed E-state index contributed by atoms with van der Waals surface area (Å²) in [6.45, 7) is 5.55. The summed E-state index contributed by atoms with van der Waals surface area (Å²) in [6.07, 6.45) is 1.37. The van der Waals surface area contributed by atoms with Crippen molar-refractivity contribution in [3.8, 4) is 0 Å². The van der Waals surface area contributed by atoms with Crippen molar-refractivity contribution in [3.05, 3.63) is 58.5 Å². The van der Waals surface area contributed by atoms with Gasteiger partial charge in [-0.2, -0.15) is 0 Å². The van der Waals surface area contributed by atoms with Crippen molar-refractivity contribution in [1.29, 1.82) is 0 Å². The number of hydrogen-bond donors (Lipinski definition) is 1. The molecule has 1 aliphatic rings. The van der Waals surface area contributed by atoms with Crippen LogP contribution in [0.3, 0.4) is 0 Å². The molecule has 3 rings (SSSR count). The van der Waals surface area contributed by atoms with Crippen molar-refractivity contribution in [2.75, 3.05) is 0 Å². The first-order chi connectivity index (χ1) is 13.9. The van der Waals surface area contributed by atoms with E-state index in [0.717, 1.165) is 0 Å². The molecule has 158 valence electrons. The van der Waals surface area contributed by atoms with Gasteiger partial charge in [0.25, 0.3) is 6.43 Å². The molecule has 0 saturated carbocycles. The SMILES string of the molecule is CC=c1/c(=C(/C(F)F)C(C)CC)ccn1C1CCC(C(O)c2ccc(F)cc2)O1. The molecule has 3 nitrogen and oxygen atoms in total. The molecule has 1 aromatic heterocycles. The molecule has 0 bridgehead atoms. The highest BCUT2D eigenvalue weighted by Gasteiger charge is 2.33. The molecule has 29 heavy (non-hydrogen) atoms. The van der Waals surface area contributed by atoms with Gasteiger partial charge in [0.15, 0.2) is 0 Å². The fourth-order valence-corrected chi connectivity index (χ4v) is 4.03. The summed E-state index contributed by atoms with van der Waals surface area (Å²) < 4.78 is 48.6. The Morgan fingerprint density at radius 1 is 1.24 bits per heavy atom. The van der Waals surface area contributed by atoms with Crippen molar-refractivity contribution >= 4 is 11.6 Å². The van der Waals surface area contributed by atoms with Crippen LogP contribution in [0, 0.1) is 11.7 Å². The standard InChI is InChI=1S/C23H28F3NO2/c1-4-14(3)21(23(25)26)17-12-13-27(18(17)5-2)20-11-10-19(29-20)22(28)15-6-8-16(24)9-7-15/h5-9,12-14,19-20,22-23,28H,4,10-11H2,1-3H3/b18-5?,21-17+. The normalized spacial score (nSPS) is 23.5. The van der Waals surface area contributed by atoms with Crippen LogP contribution in [-0.4, -0.2) is 22.2 Å². The highest BCUT2D eigenvalue weighted by molar-refractivity contribution is 5.50. The lowest BCUT2D eigenvalue weighted by Gasteiger charge is -2.20. The van der Waals surface area contributed by atoms with Crippen LogP contribution in [0.4, 0.5) is 13.2 Å². The number of benzene rings is 1. The Morgan fingerprint density at radius 2 is 1.93 bits per heavy atom. The Kier molecular flexibility index (Phi) is 6.85. The first-order valence-corrected chi connectivity index (χ1v) is 10.1. The van der Waals surface area contributed by atoms with Crippen molar-refractivity contribution in [2.24, 2.45) is 5.92 Å². The van der Waals surface area contributed by atoms with E-state index in [0.29, 0.717) is 35.4 Å². The third-order valence-electron chi connectivity index (χ3n) is 5.82. The van der Waals surface area contributed by atoms with Gasteiger partial charge in [-0.25, -0.2) is 13.2 Å². The monoisotopic (exact) mass is 407 g/mol. The zero-order chi connectivity index (χ0) is 21.1. The van der Waals surface area contributed by atoms with E-state index in [9.17, 15) is 18.3 Å². The molecule has 1 N–H and O–H groups in total. The van der Waals surface area contributed by atoms with E-state index in [1.54, 1.807) is 24.4 Å². The molecular formula is C23H28F3NO2.